The van der Waals surface area contributed by atoms with Crippen LogP contribution in [0.25, 0.3) is 11.2 Å². The zero-order valence-corrected chi connectivity index (χ0v) is 16.5. The summed E-state index contributed by atoms with van der Waals surface area (Å²) in [5, 5.41) is 4.19. The number of ether oxygens (including phenoxy) is 1. The number of nitrogens with zero attached hydrogens (tertiary/aromatic N) is 5. The summed E-state index contributed by atoms with van der Waals surface area (Å²) in [6.45, 7) is 1.82. The minimum absolute atomic E-state index is 0.0987. The zero-order chi connectivity index (χ0) is 21.3. The van der Waals surface area contributed by atoms with Crippen LogP contribution in [0.4, 0.5) is 5.95 Å². The second-order valence-electron chi connectivity index (χ2n) is 6.48. The summed E-state index contributed by atoms with van der Waals surface area (Å²) in [5.74, 6) is 0.0613. The molecule has 0 atom stereocenters. The quantitative estimate of drug-likeness (QED) is 0.440. The Labute approximate surface area is 165 Å². The number of amides is 1. The fourth-order valence-corrected chi connectivity index (χ4v) is 2.77. The predicted octanol–water partition coefficient (Wildman–Crippen LogP) is -0.0636. The number of hydrogen-bond acceptors (Lipinski definition) is 7. The van der Waals surface area contributed by atoms with Crippen LogP contribution < -0.4 is 27.1 Å². The van der Waals surface area contributed by atoms with Gasteiger partial charge in [0.2, 0.25) is 5.95 Å². The van der Waals surface area contributed by atoms with Crippen molar-refractivity contribution in [1.29, 1.82) is 0 Å². The molecule has 0 aliphatic carbocycles. The van der Waals surface area contributed by atoms with Crippen LogP contribution in [0.1, 0.15) is 17.3 Å². The maximum absolute atomic E-state index is 12.4. The third kappa shape index (κ3) is 3.61. The van der Waals surface area contributed by atoms with E-state index in [9.17, 15) is 14.4 Å². The Hall–Kier alpha value is -3.89. The number of nitrogens with one attached hydrogen (secondary N) is 1. The van der Waals surface area contributed by atoms with Crippen LogP contribution in [0, 0.1) is 0 Å². The average Bonchev–Trinajstić information content (AvgIpc) is 3.04. The molecule has 0 fully saturated rings. The van der Waals surface area contributed by atoms with Crippen LogP contribution >= 0.6 is 0 Å². The Balaban J connectivity index is 1.82. The van der Waals surface area contributed by atoms with Gasteiger partial charge in [-0.3, -0.25) is 18.7 Å². The average molecular weight is 399 g/mol. The van der Waals surface area contributed by atoms with E-state index in [1.807, 2.05) is 0 Å². The van der Waals surface area contributed by atoms with Crippen molar-refractivity contribution in [3.8, 4) is 5.75 Å². The lowest BCUT2D eigenvalue weighted by molar-refractivity contribution is 0.0997. The number of carbonyl (C=O) groups is 1. The summed E-state index contributed by atoms with van der Waals surface area (Å²) in [6, 6.07) is 6.64. The second-order valence-corrected chi connectivity index (χ2v) is 6.48. The van der Waals surface area contributed by atoms with Crippen LogP contribution in [-0.2, 0) is 21.1 Å². The normalized spacial score (nSPS) is 11.7. The zero-order valence-electron chi connectivity index (χ0n) is 16.5. The lowest BCUT2D eigenvalue weighted by atomic mass is 10.2. The molecule has 0 aliphatic rings. The van der Waals surface area contributed by atoms with E-state index in [4.69, 9.17) is 10.5 Å². The van der Waals surface area contributed by atoms with Gasteiger partial charge in [0.1, 0.15) is 12.4 Å². The second kappa shape index (κ2) is 7.62. The number of rotatable bonds is 6. The molecule has 152 valence electrons. The highest BCUT2D eigenvalue weighted by molar-refractivity contribution is 5.95. The number of fused-ring (bicyclic) bond motifs is 1. The molecule has 0 saturated carbocycles. The van der Waals surface area contributed by atoms with E-state index in [1.54, 1.807) is 45.3 Å². The van der Waals surface area contributed by atoms with Gasteiger partial charge in [-0.05, 0) is 19.1 Å². The topological polar surface area (TPSA) is 139 Å². The van der Waals surface area contributed by atoms with Crippen LogP contribution in [-0.4, -0.2) is 36.9 Å². The Morgan fingerprint density at radius 1 is 1.17 bits per heavy atom. The third-order valence-electron chi connectivity index (χ3n) is 4.41. The van der Waals surface area contributed by atoms with Gasteiger partial charge in [-0.15, -0.1) is 0 Å². The van der Waals surface area contributed by atoms with Gasteiger partial charge in [0.05, 0.1) is 11.3 Å². The van der Waals surface area contributed by atoms with Crippen molar-refractivity contribution >= 4 is 28.7 Å². The van der Waals surface area contributed by atoms with E-state index in [1.165, 1.54) is 16.2 Å². The lowest BCUT2D eigenvalue weighted by Gasteiger charge is -2.09. The van der Waals surface area contributed by atoms with Crippen molar-refractivity contribution in [2.45, 2.75) is 6.92 Å². The summed E-state index contributed by atoms with van der Waals surface area (Å²) < 4.78 is 9.45. The van der Waals surface area contributed by atoms with Crippen LogP contribution in [0.5, 0.6) is 5.75 Å². The number of aryl methyl sites for hydroxylation is 2. The van der Waals surface area contributed by atoms with Gasteiger partial charge in [0.25, 0.3) is 11.5 Å². The Morgan fingerprint density at radius 3 is 2.55 bits per heavy atom. The number of carbonyl (C=O) groups excluding carboxylic acids is 1. The van der Waals surface area contributed by atoms with Gasteiger partial charge in [-0.1, -0.05) is 12.1 Å². The van der Waals surface area contributed by atoms with Gasteiger partial charge < -0.3 is 15.0 Å². The molecular formula is C18H21N7O4. The number of nitrogens with two attached hydrogens (primary N) is 1. The molecule has 2 aromatic heterocycles. The first-order valence-corrected chi connectivity index (χ1v) is 8.65. The molecule has 0 bridgehead atoms. The van der Waals surface area contributed by atoms with Gasteiger partial charge in [0.15, 0.2) is 11.2 Å². The largest absolute Gasteiger partial charge is 0.487 e. The molecule has 0 aliphatic heterocycles. The molecule has 3 aromatic rings. The molecule has 0 unspecified atom stereocenters. The number of imidazole rings is 1. The van der Waals surface area contributed by atoms with Crippen LogP contribution in [0.2, 0.25) is 0 Å². The Bertz CT molecular complexity index is 1250. The standard InChI is InChI=1S/C18H21N7O4/c1-10(9-29-12-8-6-5-7-11(12)14(19)26)21-22-17-20-15-13(23(17)2)16(27)25(4)18(28)24(15)3/h5-8H,9H2,1-4H3,(H2,19,26)(H,20,22)/b21-10-. The van der Waals surface area contributed by atoms with Crippen molar-refractivity contribution in [2.75, 3.05) is 12.0 Å². The van der Waals surface area contributed by atoms with Crippen molar-refractivity contribution in [3.05, 3.63) is 50.7 Å². The Kier molecular flexibility index (Phi) is 5.22. The van der Waals surface area contributed by atoms with Crippen molar-refractivity contribution in [3.63, 3.8) is 0 Å². The van der Waals surface area contributed by atoms with Gasteiger partial charge >= 0.3 is 5.69 Å². The number of hydrazone groups is 1. The highest BCUT2D eigenvalue weighted by atomic mass is 16.5. The maximum atomic E-state index is 12.4. The molecule has 11 nitrogen and oxygen atoms in total. The first-order chi connectivity index (χ1) is 13.7. The fraction of sp³-hybridized carbons (Fsp3) is 0.278. The van der Waals surface area contributed by atoms with Crippen LogP contribution in [0.15, 0.2) is 39.0 Å². The molecule has 1 aromatic carbocycles. The third-order valence-corrected chi connectivity index (χ3v) is 4.41. The van der Waals surface area contributed by atoms with E-state index in [0.717, 1.165) is 4.57 Å². The van der Waals surface area contributed by atoms with E-state index in [-0.39, 0.29) is 29.3 Å². The van der Waals surface area contributed by atoms with Crippen LogP contribution in [0.3, 0.4) is 0 Å². The number of primary amides is 1. The summed E-state index contributed by atoms with van der Waals surface area (Å²) in [5.41, 5.74) is 8.55. The molecule has 11 heteroatoms. The first-order valence-electron chi connectivity index (χ1n) is 8.65. The molecule has 0 spiro atoms. The van der Waals surface area contributed by atoms with Gasteiger partial charge in [0, 0.05) is 21.1 Å². The highest BCUT2D eigenvalue weighted by Crippen LogP contribution is 2.17. The molecular weight excluding hydrogens is 378 g/mol. The SMILES string of the molecule is C/C(COc1ccccc1C(N)=O)=N/Nc1nc2c(c(=O)n(C)c(=O)n2C)n1C. The highest BCUT2D eigenvalue weighted by Gasteiger charge is 2.16. The maximum Gasteiger partial charge on any atom is 0.332 e. The monoisotopic (exact) mass is 399 g/mol. The summed E-state index contributed by atoms with van der Waals surface area (Å²) in [6.07, 6.45) is 0. The van der Waals surface area contributed by atoms with E-state index in [2.05, 4.69) is 15.5 Å². The van der Waals surface area contributed by atoms with E-state index < -0.39 is 17.2 Å². The number of benzene rings is 1. The summed E-state index contributed by atoms with van der Waals surface area (Å²) in [7, 11) is 4.60. The molecule has 1 amide bonds. The summed E-state index contributed by atoms with van der Waals surface area (Å²) >= 11 is 0. The smallest absolute Gasteiger partial charge is 0.332 e. The number of hydrogen-bond donors (Lipinski definition) is 2. The van der Waals surface area contributed by atoms with Crippen molar-refractivity contribution in [1.82, 2.24) is 18.7 Å². The molecule has 2 heterocycles. The van der Waals surface area contributed by atoms with Gasteiger partial charge in [-0.2, -0.15) is 10.1 Å². The first kappa shape index (κ1) is 19.9. The molecule has 0 radical (unpaired) electrons. The molecule has 0 saturated heterocycles. The summed E-state index contributed by atoms with van der Waals surface area (Å²) in [4.78, 5) is 40.2. The van der Waals surface area contributed by atoms with Gasteiger partial charge in [-0.25, -0.2) is 10.2 Å². The van der Waals surface area contributed by atoms with Crippen molar-refractivity contribution in [2.24, 2.45) is 32.0 Å². The number of aromatic nitrogens is 4. The fourth-order valence-electron chi connectivity index (χ4n) is 2.77. The number of para-hydroxylation sites is 1. The molecule has 3 N–H and O–H groups in total. The van der Waals surface area contributed by atoms with E-state index in [0.29, 0.717) is 11.5 Å². The minimum Gasteiger partial charge on any atom is -0.487 e. The molecule has 29 heavy (non-hydrogen) atoms. The Morgan fingerprint density at radius 2 is 1.86 bits per heavy atom. The number of anilines is 1. The van der Waals surface area contributed by atoms with E-state index >= 15 is 0 Å². The lowest BCUT2D eigenvalue weighted by Crippen LogP contribution is -2.37. The predicted molar refractivity (Wildman–Crippen MR) is 108 cm³/mol. The van der Waals surface area contributed by atoms with Crippen molar-refractivity contribution < 1.29 is 9.53 Å². The minimum atomic E-state index is -0.583. The molecule has 3 rings (SSSR count).